The van der Waals surface area contributed by atoms with Gasteiger partial charge in [-0.05, 0) is 28.7 Å². The number of hydrogen-bond donors (Lipinski definition) is 3. The second-order valence-electron chi connectivity index (χ2n) is 7.17. The van der Waals surface area contributed by atoms with E-state index in [0.717, 1.165) is 5.56 Å². The van der Waals surface area contributed by atoms with E-state index in [1.165, 1.54) is 28.5 Å². The number of rotatable bonds is 6. The molecule has 1 aliphatic carbocycles. The molecule has 0 unspecified atom stereocenters. The standard InChI is InChI=1S/C24H24N4O2/c25-22-14-27-13-16(23(22)26)7-5-6-12-28-24(29)30-15-21-19-10-3-1-8-17(19)18-9-2-4-11-20(18)21/h1-5,7-11,13-14,21H,6,12,15,25H2,(H2,26,27)(H,28,29). The molecule has 2 aromatic carbocycles. The van der Waals surface area contributed by atoms with Crippen molar-refractivity contribution in [1.29, 1.82) is 0 Å². The third kappa shape index (κ3) is 3.98. The molecule has 0 aliphatic heterocycles. The third-order valence-electron chi connectivity index (χ3n) is 5.27. The van der Waals surface area contributed by atoms with Gasteiger partial charge in [-0.3, -0.25) is 4.98 Å². The van der Waals surface area contributed by atoms with Gasteiger partial charge in [-0.25, -0.2) is 4.79 Å². The van der Waals surface area contributed by atoms with E-state index in [9.17, 15) is 4.79 Å². The molecular weight excluding hydrogens is 376 g/mol. The summed E-state index contributed by atoms with van der Waals surface area (Å²) >= 11 is 0. The maximum Gasteiger partial charge on any atom is 0.407 e. The first-order valence-electron chi connectivity index (χ1n) is 9.89. The minimum absolute atomic E-state index is 0.0575. The smallest absolute Gasteiger partial charge is 0.407 e. The number of fused-ring (bicyclic) bond motifs is 3. The molecule has 1 aromatic heterocycles. The first-order valence-corrected chi connectivity index (χ1v) is 9.89. The predicted octanol–water partition coefficient (Wildman–Crippen LogP) is 4.19. The van der Waals surface area contributed by atoms with E-state index >= 15 is 0 Å². The average Bonchev–Trinajstić information content (AvgIpc) is 3.09. The highest BCUT2D eigenvalue weighted by molar-refractivity contribution is 5.79. The molecule has 0 atom stereocenters. The highest BCUT2D eigenvalue weighted by Gasteiger charge is 2.28. The molecule has 5 N–H and O–H groups in total. The van der Waals surface area contributed by atoms with Crippen molar-refractivity contribution in [3.8, 4) is 11.1 Å². The number of pyridine rings is 1. The van der Waals surface area contributed by atoms with E-state index in [1.807, 2.05) is 36.4 Å². The summed E-state index contributed by atoms with van der Waals surface area (Å²) < 4.78 is 5.52. The number of carbonyl (C=O) groups excluding carboxylic acids is 1. The average molecular weight is 400 g/mol. The molecule has 1 amide bonds. The molecule has 0 bridgehead atoms. The van der Waals surface area contributed by atoms with Crippen LogP contribution in [0.1, 0.15) is 29.0 Å². The number of alkyl carbamates (subject to hydrolysis) is 1. The summed E-state index contributed by atoms with van der Waals surface area (Å²) in [7, 11) is 0. The van der Waals surface area contributed by atoms with Gasteiger partial charge in [0.25, 0.3) is 0 Å². The third-order valence-corrected chi connectivity index (χ3v) is 5.27. The van der Waals surface area contributed by atoms with Crippen molar-refractivity contribution < 1.29 is 9.53 Å². The van der Waals surface area contributed by atoms with Gasteiger partial charge in [0.15, 0.2) is 0 Å². The van der Waals surface area contributed by atoms with Crippen LogP contribution in [0.25, 0.3) is 17.2 Å². The van der Waals surface area contributed by atoms with Crippen LogP contribution in [0, 0.1) is 0 Å². The summed E-state index contributed by atoms with van der Waals surface area (Å²) in [6.45, 7) is 0.768. The number of benzene rings is 2. The van der Waals surface area contributed by atoms with Crippen molar-refractivity contribution in [3.63, 3.8) is 0 Å². The molecule has 0 fully saturated rings. The van der Waals surface area contributed by atoms with Crippen molar-refractivity contribution in [2.45, 2.75) is 12.3 Å². The Morgan fingerprint density at radius 2 is 1.70 bits per heavy atom. The Bertz CT molecular complexity index is 1050. The zero-order chi connectivity index (χ0) is 20.9. The number of carbonyl (C=O) groups is 1. The number of amides is 1. The van der Waals surface area contributed by atoms with Crippen LogP contribution in [-0.4, -0.2) is 24.2 Å². The zero-order valence-corrected chi connectivity index (χ0v) is 16.5. The van der Waals surface area contributed by atoms with Crippen LogP contribution in [0.3, 0.4) is 0 Å². The van der Waals surface area contributed by atoms with Gasteiger partial charge in [0.2, 0.25) is 0 Å². The van der Waals surface area contributed by atoms with Crippen LogP contribution in [-0.2, 0) is 4.74 Å². The Labute approximate surface area is 175 Å². The van der Waals surface area contributed by atoms with E-state index in [-0.39, 0.29) is 5.92 Å². The fourth-order valence-electron chi connectivity index (χ4n) is 3.75. The van der Waals surface area contributed by atoms with Crippen molar-refractivity contribution in [2.24, 2.45) is 0 Å². The van der Waals surface area contributed by atoms with E-state index in [4.69, 9.17) is 16.2 Å². The minimum atomic E-state index is -0.421. The molecular formula is C24H24N4O2. The van der Waals surface area contributed by atoms with Gasteiger partial charge in [-0.15, -0.1) is 0 Å². The van der Waals surface area contributed by atoms with Gasteiger partial charge in [-0.1, -0.05) is 60.7 Å². The molecule has 30 heavy (non-hydrogen) atoms. The maximum absolute atomic E-state index is 12.2. The van der Waals surface area contributed by atoms with Crippen LogP contribution < -0.4 is 16.8 Å². The van der Waals surface area contributed by atoms with Crippen LogP contribution in [0.4, 0.5) is 16.2 Å². The van der Waals surface area contributed by atoms with Crippen molar-refractivity contribution in [1.82, 2.24) is 10.3 Å². The van der Waals surface area contributed by atoms with E-state index in [1.54, 1.807) is 6.20 Å². The molecule has 4 rings (SSSR count). The largest absolute Gasteiger partial charge is 0.449 e. The number of ether oxygens (including phenoxy) is 1. The Hall–Kier alpha value is -3.80. The maximum atomic E-state index is 12.2. The van der Waals surface area contributed by atoms with Gasteiger partial charge in [0.1, 0.15) is 6.61 Å². The first kappa shape index (κ1) is 19.5. The summed E-state index contributed by atoms with van der Waals surface area (Å²) in [5, 5.41) is 2.78. The molecule has 1 heterocycles. The fourth-order valence-corrected chi connectivity index (χ4v) is 3.75. The summed E-state index contributed by atoms with van der Waals surface area (Å²) in [6, 6.07) is 16.5. The fraction of sp³-hybridized carbons (Fsp3) is 0.167. The number of nitrogens with one attached hydrogen (secondary N) is 1. The van der Waals surface area contributed by atoms with Gasteiger partial charge in [0.05, 0.1) is 17.6 Å². The lowest BCUT2D eigenvalue weighted by Crippen LogP contribution is -2.26. The molecule has 0 radical (unpaired) electrons. The zero-order valence-electron chi connectivity index (χ0n) is 16.5. The van der Waals surface area contributed by atoms with Gasteiger partial charge in [0, 0.05) is 24.2 Å². The number of anilines is 2. The monoisotopic (exact) mass is 400 g/mol. The normalized spacial score (nSPS) is 12.5. The van der Waals surface area contributed by atoms with Crippen LogP contribution in [0.15, 0.2) is 67.0 Å². The van der Waals surface area contributed by atoms with E-state index in [0.29, 0.717) is 30.9 Å². The van der Waals surface area contributed by atoms with Crippen molar-refractivity contribution >= 4 is 23.5 Å². The molecule has 1 aliphatic rings. The highest BCUT2D eigenvalue weighted by Crippen LogP contribution is 2.44. The summed E-state index contributed by atoms with van der Waals surface area (Å²) in [5.74, 6) is 0.0575. The number of nitrogens with zero attached hydrogens (tertiary/aromatic N) is 1. The topological polar surface area (TPSA) is 103 Å². The molecule has 3 aromatic rings. The van der Waals surface area contributed by atoms with Gasteiger partial charge in [-0.2, -0.15) is 0 Å². The Morgan fingerprint density at radius 1 is 1.03 bits per heavy atom. The molecule has 0 saturated carbocycles. The number of nitrogens with two attached hydrogens (primary N) is 2. The number of hydrogen-bond acceptors (Lipinski definition) is 5. The lowest BCUT2D eigenvalue weighted by molar-refractivity contribution is 0.143. The summed E-state index contributed by atoms with van der Waals surface area (Å²) in [5.41, 5.74) is 18.2. The predicted molar refractivity (Wildman–Crippen MR) is 120 cm³/mol. The molecule has 6 nitrogen and oxygen atoms in total. The van der Waals surface area contributed by atoms with E-state index in [2.05, 4.69) is 34.6 Å². The molecule has 152 valence electrons. The molecule has 6 heteroatoms. The van der Waals surface area contributed by atoms with Gasteiger partial charge >= 0.3 is 6.09 Å². The lowest BCUT2D eigenvalue weighted by atomic mass is 9.98. The van der Waals surface area contributed by atoms with Crippen LogP contribution in [0.2, 0.25) is 0 Å². The number of aromatic nitrogens is 1. The second kappa shape index (κ2) is 8.69. The molecule has 0 spiro atoms. The van der Waals surface area contributed by atoms with Crippen LogP contribution >= 0.6 is 0 Å². The summed E-state index contributed by atoms with van der Waals surface area (Å²) in [6.07, 6.45) is 7.15. The van der Waals surface area contributed by atoms with Crippen molar-refractivity contribution in [3.05, 3.63) is 83.7 Å². The second-order valence-corrected chi connectivity index (χ2v) is 7.17. The quantitative estimate of drug-likeness (QED) is 0.538. The molecule has 0 saturated heterocycles. The highest BCUT2D eigenvalue weighted by atomic mass is 16.5. The summed E-state index contributed by atoms with van der Waals surface area (Å²) in [4.78, 5) is 16.2. The van der Waals surface area contributed by atoms with Gasteiger partial charge < -0.3 is 21.5 Å². The lowest BCUT2D eigenvalue weighted by Gasteiger charge is -2.14. The van der Waals surface area contributed by atoms with Crippen molar-refractivity contribution in [2.75, 3.05) is 24.6 Å². The van der Waals surface area contributed by atoms with E-state index < -0.39 is 6.09 Å². The Morgan fingerprint density at radius 3 is 2.40 bits per heavy atom. The minimum Gasteiger partial charge on any atom is -0.449 e. The first-order chi connectivity index (χ1) is 14.6. The SMILES string of the molecule is Nc1cncc(C=CCCNC(=O)OCC2c3ccccc3-c3ccccc32)c1N. The Balaban J connectivity index is 1.28. The Kier molecular flexibility index (Phi) is 5.66. The van der Waals surface area contributed by atoms with Crippen LogP contribution in [0.5, 0.6) is 0 Å². The number of nitrogen functional groups attached to an aromatic ring is 2.